The van der Waals surface area contributed by atoms with E-state index in [9.17, 15) is 15.3 Å². The summed E-state index contributed by atoms with van der Waals surface area (Å²) in [6, 6.07) is 0. The first-order chi connectivity index (χ1) is 11.5. The molecule has 0 saturated heterocycles. The van der Waals surface area contributed by atoms with E-state index in [1.54, 1.807) is 4.90 Å². The second-order valence-electron chi connectivity index (χ2n) is 6.07. The highest BCUT2D eigenvalue weighted by Gasteiger charge is 2.16. The van der Waals surface area contributed by atoms with E-state index in [0.29, 0.717) is 39.1 Å². The van der Waals surface area contributed by atoms with E-state index in [1.807, 2.05) is 4.90 Å². The summed E-state index contributed by atoms with van der Waals surface area (Å²) >= 11 is 0. The molecule has 0 rings (SSSR count). The molecule has 3 unspecified atom stereocenters. The maximum atomic E-state index is 9.58. The molecule has 0 aromatic carbocycles. The fraction of sp³-hybridized carbons (Fsp3) is 1.00. The van der Waals surface area contributed by atoms with E-state index in [4.69, 9.17) is 21.1 Å². The van der Waals surface area contributed by atoms with Crippen molar-refractivity contribution in [3.05, 3.63) is 0 Å². The summed E-state index contributed by atoms with van der Waals surface area (Å²) in [6.45, 7) is 2.22. The van der Waals surface area contributed by atoms with Crippen LogP contribution in [0.15, 0.2) is 0 Å². The van der Waals surface area contributed by atoms with Crippen molar-refractivity contribution in [3.63, 3.8) is 0 Å². The Labute approximate surface area is 143 Å². The summed E-state index contributed by atoms with van der Waals surface area (Å²) in [5.41, 5.74) is 5.51. The van der Waals surface area contributed by atoms with Crippen LogP contribution in [0, 0.1) is 0 Å². The van der Waals surface area contributed by atoms with E-state index in [1.165, 1.54) is 0 Å². The highest BCUT2D eigenvalue weighted by atomic mass is 16.3. The topological polar surface area (TPSA) is 154 Å². The Morgan fingerprint density at radius 2 is 1.00 bits per heavy atom. The van der Waals surface area contributed by atoms with Gasteiger partial charge < -0.3 is 41.3 Å². The van der Waals surface area contributed by atoms with Crippen LogP contribution in [0.5, 0.6) is 0 Å². The van der Waals surface area contributed by atoms with Crippen molar-refractivity contribution in [1.82, 2.24) is 9.80 Å². The highest BCUT2D eigenvalue weighted by Crippen LogP contribution is 2.02. The molecule has 0 aliphatic heterocycles. The lowest BCUT2D eigenvalue weighted by Gasteiger charge is -2.28. The zero-order valence-electron chi connectivity index (χ0n) is 14.4. The summed E-state index contributed by atoms with van der Waals surface area (Å²) in [5.74, 6) is 0. The monoisotopic (exact) mass is 353 g/mol. The molecule has 0 aliphatic rings. The predicted molar refractivity (Wildman–Crippen MR) is 90.4 cm³/mol. The number of nitrogens with zero attached hydrogens (tertiary/aromatic N) is 2. The summed E-state index contributed by atoms with van der Waals surface area (Å²) < 4.78 is 0. The van der Waals surface area contributed by atoms with Gasteiger partial charge in [0.25, 0.3) is 0 Å². The first-order valence-electron chi connectivity index (χ1n) is 8.48. The van der Waals surface area contributed by atoms with Crippen molar-refractivity contribution < 1.29 is 30.6 Å². The van der Waals surface area contributed by atoms with Gasteiger partial charge in [0.2, 0.25) is 0 Å². The van der Waals surface area contributed by atoms with Crippen LogP contribution in [-0.2, 0) is 0 Å². The van der Waals surface area contributed by atoms with Crippen LogP contribution >= 0.6 is 0 Å². The Morgan fingerprint density at radius 1 is 0.625 bits per heavy atom. The molecule has 146 valence electrons. The third kappa shape index (κ3) is 12.1. The smallest absolute Gasteiger partial charge is 0.0897 e. The Morgan fingerprint density at radius 3 is 1.42 bits per heavy atom. The van der Waals surface area contributed by atoms with Gasteiger partial charge in [-0.3, -0.25) is 4.90 Å². The maximum Gasteiger partial charge on any atom is 0.0897 e. The first kappa shape index (κ1) is 23.6. The normalized spacial score (nSPS) is 15.9. The quantitative estimate of drug-likeness (QED) is 0.149. The molecule has 3 atom stereocenters. The molecule has 0 aliphatic carbocycles. The molecule has 0 aromatic heterocycles. The van der Waals surface area contributed by atoms with Crippen LogP contribution < -0.4 is 5.73 Å². The van der Waals surface area contributed by atoms with Crippen LogP contribution in [0.2, 0.25) is 0 Å². The minimum atomic E-state index is -0.902. The lowest BCUT2D eigenvalue weighted by Crippen LogP contribution is -2.42. The van der Waals surface area contributed by atoms with Gasteiger partial charge in [0, 0.05) is 19.6 Å². The first-order valence-corrected chi connectivity index (χ1v) is 8.48. The Balaban J connectivity index is 4.38. The number of nitrogens with two attached hydrogens (primary N) is 1. The van der Waals surface area contributed by atoms with E-state index in [-0.39, 0.29) is 32.9 Å². The molecule has 0 radical (unpaired) electrons. The molecule has 9 nitrogen and oxygen atoms in total. The molecule has 9 heteroatoms. The Bertz CT molecular complexity index is 276. The van der Waals surface area contributed by atoms with Gasteiger partial charge in [-0.15, -0.1) is 0 Å². The third-order valence-electron chi connectivity index (χ3n) is 3.67. The lowest BCUT2D eigenvalue weighted by atomic mass is 10.2. The van der Waals surface area contributed by atoms with Gasteiger partial charge in [-0.05, 0) is 39.0 Å². The van der Waals surface area contributed by atoms with Gasteiger partial charge in [0.1, 0.15) is 0 Å². The van der Waals surface area contributed by atoms with Crippen LogP contribution in [-0.4, -0.2) is 124 Å². The largest absolute Gasteiger partial charge is 0.394 e. The fourth-order valence-corrected chi connectivity index (χ4v) is 2.45. The number of aliphatic hydroxyl groups excluding tert-OH is 6. The van der Waals surface area contributed by atoms with Gasteiger partial charge in [0.15, 0.2) is 0 Å². The molecule has 0 bridgehead atoms. The van der Waals surface area contributed by atoms with Gasteiger partial charge in [-0.25, -0.2) is 0 Å². The van der Waals surface area contributed by atoms with Crippen molar-refractivity contribution in [2.75, 3.05) is 65.6 Å². The predicted octanol–water partition coefficient (Wildman–Crippen LogP) is -3.61. The minimum Gasteiger partial charge on any atom is -0.394 e. The second-order valence-corrected chi connectivity index (χ2v) is 6.07. The molecule has 0 fully saturated rings. The van der Waals surface area contributed by atoms with Gasteiger partial charge in [0.05, 0.1) is 38.1 Å². The minimum absolute atomic E-state index is 0.204. The molecular weight excluding hydrogens is 318 g/mol. The SMILES string of the molecule is NCCCN(CCCN(CC(O)CO)CC(O)CO)CC(O)CO. The molecule has 0 spiro atoms. The van der Waals surface area contributed by atoms with Gasteiger partial charge in [-0.1, -0.05) is 0 Å². The summed E-state index contributed by atoms with van der Waals surface area (Å²) in [6.07, 6.45) is -1.11. The number of hydrogen-bond acceptors (Lipinski definition) is 9. The zero-order valence-corrected chi connectivity index (χ0v) is 14.4. The van der Waals surface area contributed by atoms with E-state index in [0.717, 1.165) is 6.42 Å². The van der Waals surface area contributed by atoms with E-state index in [2.05, 4.69) is 0 Å². The molecule has 0 saturated carbocycles. The number of rotatable bonds is 16. The van der Waals surface area contributed by atoms with E-state index < -0.39 is 18.3 Å². The molecule has 0 amide bonds. The molecule has 24 heavy (non-hydrogen) atoms. The van der Waals surface area contributed by atoms with Crippen molar-refractivity contribution in [2.45, 2.75) is 31.2 Å². The van der Waals surface area contributed by atoms with E-state index >= 15 is 0 Å². The molecular formula is C15H35N3O6. The standard InChI is InChI=1S/C15H35N3O6/c16-3-1-4-17(7-13(22)10-19)5-2-6-18(8-14(23)11-20)9-15(24)12-21/h13-15,19-24H,1-12,16H2. The van der Waals surface area contributed by atoms with Crippen LogP contribution in [0.3, 0.4) is 0 Å². The van der Waals surface area contributed by atoms with Crippen molar-refractivity contribution >= 4 is 0 Å². The Hall–Kier alpha value is -0.360. The fourth-order valence-electron chi connectivity index (χ4n) is 2.45. The molecule has 8 N–H and O–H groups in total. The summed E-state index contributed by atoms with van der Waals surface area (Å²) in [7, 11) is 0. The van der Waals surface area contributed by atoms with Gasteiger partial charge in [-0.2, -0.15) is 0 Å². The lowest BCUT2D eigenvalue weighted by molar-refractivity contribution is 0.0207. The molecule has 0 heterocycles. The average Bonchev–Trinajstić information content (AvgIpc) is 2.58. The maximum absolute atomic E-state index is 9.58. The van der Waals surface area contributed by atoms with Crippen LogP contribution in [0.25, 0.3) is 0 Å². The van der Waals surface area contributed by atoms with Crippen LogP contribution in [0.4, 0.5) is 0 Å². The average molecular weight is 353 g/mol. The Kier molecular flexibility index (Phi) is 14.7. The summed E-state index contributed by atoms with van der Waals surface area (Å²) in [5, 5.41) is 55.6. The zero-order chi connectivity index (χ0) is 18.4. The number of hydrogen-bond donors (Lipinski definition) is 7. The van der Waals surface area contributed by atoms with Crippen molar-refractivity contribution in [3.8, 4) is 0 Å². The molecule has 0 aromatic rings. The number of aliphatic hydroxyl groups is 6. The summed E-state index contributed by atoms with van der Waals surface area (Å²) in [4.78, 5) is 3.79. The van der Waals surface area contributed by atoms with Crippen molar-refractivity contribution in [2.24, 2.45) is 5.73 Å². The van der Waals surface area contributed by atoms with Gasteiger partial charge >= 0.3 is 0 Å². The highest BCUT2D eigenvalue weighted by molar-refractivity contribution is 4.70. The van der Waals surface area contributed by atoms with Crippen LogP contribution in [0.1, 0.15) is 12.8 Å². The second kappa shape index (κ2) is 14.9. The third-order valence-corrected chi connectivity index (χ3v) is 3.67. The van der Waals surface area contributed by atoms with Crippen molar-refractivity contribution in [1.29, 1.82) is 0 Å².